The first-order valence-corrected chi connectivity index (χ1v) is 7.50. The standard InChI is InChI=1S/C18H18N2O3/c1-11-14(18(22)23)7-4-8-15(11)20-17(21)16-9-12-5-2-3-6-13(12)10-19-16/h2-8,16,19H,9-10H2,1H3,(H,20,21)(H,22,23). The van der Waals surface area contributed by atoms with E-state index in [1.807, 2.05) is 18.2 Å². The number of carboxylic acid groups (broad SMARTS) is 1. The van der Waals surface area contributed by atoms with E-state index >= 15 is 0 Å². The highest BCUT2D eigenvalue weighted by atomic mass is 16.4. The lowest BCUT2D eigenvalue weighted by Crippen LogP contribution is -2.44. The van der Waals surface area contributed by atoms with Crippen molar-refractivity contribution in [2.75, 3.05) is 5.32 Å². The highest BCUT2D eigenvalue weighted by molar-refractivity contribution is 5.98. The Kier molecular flexibility index (Phi) is 4.12. The number of benzene rings is 2. The summed E-state index contributed by atoms with van der Waals surface area (Å²) in [5.41, 5.74) is 3.67. The number of carbonyl (C=O) groups is 2. The molecular formula is C18H18N2O3. The molecule has 0 aromatic heterocycles. The van der Waals surface area contributed by atoms with E-state index in [-0.39, 0.29) is 17.5 Å². The van der Waals surface area contributed by atoms with Crippen LogP contribution in [0.1, 0.15) is 27.0 Å². The van der Waals surface area contributed by atoms with Crippen LogP contribution in [0.3, 0.4) is 0 Å². The van der Waals surface area contributed by atoms with Crippen molar-refractivity contribution < 1.29 is 14.7 Å². The Morgan fingerprint density at radius 2 is 1.87 bits per heavy atom. The van der Waals surface area contributed by atoms with Gasteiger partial charge in [0.1, 0.15) is 0 Å². The van der Waals surface area contributed by atoms with Gasteiger partial charge in [-0.05, 0) is 42.2 Å². The van der Waals surface area contributed by atoms with Crippen LogP contribution in [-0.2, 0) is 17.8 Å². The lowest BCUT2D eigenvalue weighted by molar-refractivity contribution is -0.118. The lowest BCUT2D eigenvalue weighted by Gasteiger charge is -2.25. The normalized spacial score (nSPS) is 16.5. The predicted molar refractivity (Wildman–Crippen MR) is 87.5 cm³/mol. The molecule has 0 saturated heterocycles. The van der Waals surface area contributed by atoms with Gasteiger partial charge in [0.25, 0.3) is 0 Å². The van der Waals surface area contributed by atoms with Crippen molar-refractivity contribution in [3.63, 3.8) is 0 Å². The molecular weight excluding hydrogens is 292 g/mol. The predicted octanol–water partition coefficient (Wildman–Crippen LogP) is 2.35. The van der Waals surface area contributed by atoms with E-state index in [0.29, 0.717) is 24.2 Å². The van der Waals surface area contributed by atoms with Crippen molar-refractivity contribution in [3.05, 3.63) is 64.7 Å². The highest BCUT2D eigenvalue weighted by Crippen LogP contribution is 2.21. The number of aromatic carboxylic acids is 1. The minimum absolute atomic E-state index is 0.148. The number of carboxylic acids is 1. The first-order valence-electron chi connectivity index (χ1n) is 7.50. The summed E-state index contributed by atoms with van der Waals surface area (Å²) >= 11 is 0. The number of fused-ring (bicyclic) bond motifs is 1. The van der Waals surface area contributed by atoms with E-state index in [9.17, 15) is 9.59 Å². The fourth-order valence-electron chi connectivity index (χ4n) is 2.86. The highest BCUT2D eigenvalue weighted by Gasteiger charge is 2.24. The van der Waals surface area contributed by atoms with Crippen molar-refractivity contribution in [1.82, 2.24) is 5.32 Å². The zero-order valence-electron chi connectivity index (χ0n) is 12.8. The second kappa shape index (κ2) is 6.22. The van der Waals surface area contributed by atoms with E-state index in [4.69, 9.17) is 5.11 Å². The molecule has 0 aliphatic carbocycles. The topological polar surface area (TPSA) is 78.4 Å². The Labute approximate surface area is 134 Å². The molecule has 23 heavy (non-hydrogen) atoms. The van der Waals surface area contributed by atoms with Gasteiger partial charge >= 0.3 is 5.97 Å². The Morgan fingerprint density at radius 3 is 2.61 bits per heavy atom. The Morgan fingerprint density at radius 1 is 1.13 bits per heavy atom. The SMILES string of the molecule is Cc1c(NC(=O)C2Cc3ccccc3CN2)cccc1C(=O)O. The Bertz CT molecular complexity index is 771. The summed E-state index contributed by atoms with van der Waals surface area (Å²) in [6, 6.07) is 12.6. The van der Waals surface area contributed by atoms with Crippen LogP contribution in [0, 0.1) is 6.92 Å². The van der Waals surface area contributed by atoms with Gasteiger partial charge in [0.05, 0.1) is 11.6 Å². The summed E-state index contributed by atoms with van der Waals surface area (Å²) in [6.07, 6.45) is 0.625. The molecule has 0 fully saturated rings. The number of anilines is 1. The molecule has 1 amide bonds. The molecule has 1 unspecified atom stereocenters. The zero-order chi connectivity index (χ0) is 16.4. The van der Waals surface area contributed by atoms with Gasteiger partial charge in [-0.15, -0.1) is 0 Å². The van der Waals surface area contributed by atoms with Crippen LogP contribution in [-0.4, -0.2) is 23.0 Å². The zero-order valence-corrected chi connectivity index (χ0v) is 12.8. The summed E-state index contributed by atoms with van der Waals surface area (Å²) in [4.78, 5) is 23.7. The van der Waals surface area contributed by atoms with Gasteiger partial charge < -0.3 is 15.7 Å². The van der Waals surface area contributed by atoms with Crippen molar-refractivity contribution >= 4 is 17.6 Å². The number of carbonyl (C=O) groups excluding carboxylic acids is 1. The average molecular weight is 310 g/mol. The fraction of sp³-hybridized carbons (Fsp3) is 0.222. The monoisotopic (exact) mass is 310 g/mol. The van der Waals surface area contributed by atoms with Crippen LogP contribution >= 0.6 is 0 Å². The summed E-state index contributed by atoms with van der Waals surface area (Å²) < 4.78 is 0. The first-order chi connectivity index (χ1) is 11.1. The second-order valence-corrected chi connectivity index (χ2v) is 5.68. The molecule has 0 bridgehead atoms. The molecule has 1 aliphatic rings. The van der Waals surface area contributed by atoms with Crippen LogP contribution in [0.5, 0.6) is 0 Å². The number of nitrogens with one attached hydrogen (secondary N) is 2. The third-order valence-electron chi connectivity index (χ3n) is 4.22. The molecule has 1 heterocycles. The third kappa shape index (κ3) is 3.10. The van der Waals surface area contributed by atoms with E-state index in [2.05, 4.69) is 16.7 Å². The molecule has 3 N–H and O–H groups in total. The smallest absolute Gasteiger partial charge is 0.336 e. The molecule has 3 rings (SSSR count). The quantitative estimate of drug-likeness (QED) is 0.813. The molecule has 0 radical (unpaired) electrons. The second-order valence-electron chi connectivity index (χ2n) is 5.68. The molecule has 118 valence electrons. The van der Waals surface area contributed by atoms with E-state index in [1.165, 1.54) is 17.2 Å². The maximum atomic E-state index is 12.5. The number of hydrogen-bond donors (Lipinski definition) is 3. The van der Waals surface area contributed by atoms with Crippen molar-refractivity contribution in [3.8, 4) is 0 Å². The average Bonchev–Trinajstić information content (AvgIpc) is 2.56. The maximum Gasteiger partial charge on any atom is 0.336 e. The van der Waals surface area contributed by atoms with Gasteiger partial charge in [0.15, 0.2) is 0 Å². The Hall–Kier alpha value is -2.66. The molecule has 1 atom stereocenters. The van der Waals surface area contributed by atoms with Crippen LogP contribution in [0.15, 0.2) is 42.5 Å². The van der Waals surface area contributed by atoms with Crippen LogP contribution in [0.25, 0.3) is 0 Å². The molecule has 5 nitrogen and oxygen atoms in total. The van der Waals surface area contributed by atoms with E-state index in [0.717, 1.165) is 0 Å². The minimum atomic E-state index is -0.997. The summed E-state index contributed by atoms with van der Waals surface area (Å²) in [7, 11) is 0. The largest absolute Gasteiger partial charge is 0.478 e. The molecule has 0 spiro atoms. The van der Waals surface area contributed by atoms with Crippen molar-refractivity contribution in [2.24, 2.45) is 0 Å². The fourth-order valence-corrected chi connectivity index (χ4v) is 2.86. The lowest BCUT2D eigenvalue weighted by atomic mass is 9.95. The van der Waals surface area contributed by atoms with Crippen molar-refractivity contribution in [1.29, 1.82) is 0 Å². The summed E-state index contributed by atoms with van der Waals surface area (Å²) in [6.45, 7) is 2.35. The van der Waals surface area contributed by atoms with Crippen molar-refractivity contribution in [2.45, 2.75) is 25.9 Å². The van der Waals surface area contributed by atoms with Crippen LogP contribution < -0.4 is 10.6 Å². The van der Waals surface area contributed by atoms with E-state index < -0.39 is 5.97 Å². The number of amides is 1. The van der Waals surface area contributed by atoms with Crippen LogP contribution in [0.4, 0.5) is 5.69 Å². The molecule has 5 heteroatoms. The molecule has 2 aromatic carbocycles. The number of hydrogen-bond acceptors (Lipinski definition) is 3. The van der Waals surface area contributed by atoms with Gasteiger partial charge in [-0.2, -0.15) is 0 Å². The first kappa shape index (κ1) is 15.2. The van der Waals surface area contributed by atoms with Gasteiger partial charge in [0, 0.05) is 12.2 Å². The van der Waals surface area contributed by atoms with Gasteiger partial charge in [-0.1, -0.05) is 30.3 Å². The maximum absolute atomic E-state index is 12.5. The van der Waals surface area contributed by atoms with Crippen LogP contribution in [0.2, 0.25) is 0 Å². The summed E-state index contributed by atoms with van der Waals surface area (Å²) in [5, 5.41) is 15.2. The molecule has 0 saturated carbocycles. The number of rotatable bonds is 3. The third-order valence-corrected chi connectivity index (χ3v) is 4.22. The van der Waals surface area contributed by atoms with Gasteiger partial charge in [0.2, 0.25) is 5.91 Å². The molecule has 1 aliphatic heterocycles. The summed E-state index contributed by atoms with van der Waals surface area (Å²) in [5.74, 6) is -1.14. The van der Waals surface area contributed by atoms with Gasteiger partial charge in [-0.25, -0.2) is 4.79 Å². The van der Waals surface area contributed by atoms with Gasteiger partial charge in [-0.3, -0.25) is 4.79 Å². The van der Waals surface area contributed by atoms with E-state index in [1.54, 1.807) is 19.1 Å². The Balaban J connectivity index is 1.76. The minimum Gasteiger partial charge on any atom is -0.478 e. The molecule has 2 aromatic rings.